The van der Waals surface area contributed by atoms with Crippen LogP contribution < -0.4 is 0 Å². The van der Waals surface area contributed by atoms with E-state index in [1.807, 2.05) is 0 Å². The van der Waals surface area contributed by atoms with Gasteiger partial charge in [0.1, 0.15) is 0 Å². The zero-order chi connectivity index (χ0) is 4.99. The summed E-state index contributed by atoms with van der Waals surface area (Å²) in [4.78, 5) is 0. The molecule has 32 valence electrons. The van der Waals surface area contributed by atoms with Crippen LogP contribution in [0.1, 0.15) is 0 Å². The molecule has 0 radical (unpaired) electrons. The Morgan fingerprint density at radius 1 is 1.17 bits per heavy atom. The second kappa shape index (κ2) is 2.46. The lowest BCUT2D eigenvalue weighted by molar-refractivity contribution is 1.81. The van der Waals surface area contributed by atoms with Gasteiger partial charge in [-0.3, -0.25) is 0 Å². The van der Waals surface area contributed by atoms with Crippen LogP contribution in [-0.4, -0.2) is 0 Å². The highest BCUT2D eigenvalue weighted by Crippen LogP contribution is 1.86. The SMILES string of the molecule is C=CC(=C)C=C. The van der Waals surface area contributed by atoms with Crippen molar-refractivity contribution in [1.82, 2.24) is 0 Å². The molecule has 0 aliphatic carbocycles. The smallest absolute Gasteiger partial charge is 0.0340 e. The number of allylic oxidation sites excluding steroid dienone is 3. The molecule has 0 aliphatic rings. The first-order valence-corrected chi connectivity index (χ1v) is 1.75. The molecule has 0 aromatic rings. The van der Waals surface area contributed by atoms with Crippen LogP contribution in [0.15, 0.2) is 37.5 Å². The van der Waals surface area contributed by atoms with Gasteiger partial charge in [0, 0.05) is 0 Å². The van der Waals surface area contributed by atoms with Crippen molar-refractivity contribution in [3.8, 4) is 0 Å². The Morgan fingerprint density at radius 3 is 1.50 bits per heavy atom. The zero-order valence-electron chi connectivity index (χ0n) is 3.78. The number of hydrogen-bond acceptors (Lipinski definition) is 0. The Bertz CT molecular complexity index is 68.0. The highest BCUT2D eigenvalue weighted by molar-refractivity contribution is 5.22. The van der Waals surface area contributed by atoms with Crippen LogP contribution in [0.25, 0.3) is 0 Å². The summed E-state index contributed by atoms with van der Waals surface area (Å²) in [6.45, 7) is 10.5. The summed E-state index contributed by atoms with van der Waals surface area (Å²) in [5.41, 5.74) is 0.870. The third-order valence-electron chi connectivity index (χ3n) is 0.524. The topological polar surface area (TPSA) is 0 Å². The van der Waals surface area contributed by atoms with Crippen molar-refractivity contribution in [3.63, 3.8) is 0 Å². The van der Waals surface area contributed by atoms with Crippen molar-refractivity contribution in [3.05, 3.63) is 37.5 Å². The second-order valence-electron chi connectivity index (χ2n) is 0.983. The van der Waals surface area contributed by atoms with E-state index in [0.717, 1.165) is 5.57 Å². The van der Waals surface area contributed by atoms with Gasteiger partial charge in [-0.15, -0.1) is 0 Å². The monoisotopic (exact) mass is 80.1 g/mol. The molecule has 0 atom stereocenters. The Hall–Kier alpha value is -0.780. The van der Waals surface area contributed by atoms with E-state index in [4.69, 9.17) is 0 Å². The van der Waals surface area contributed by atoms with Crippen LogP contribution >= 0.6 is 0 Å². The normalized spacial score (nSPS) is 6.67. The Labute approximate surface area is 38.5 Å². The van der Waals surface area contributed by atoms with Gasteiger partial charge in [-0.2, -0.15) is 0 Å². The van der Waals surface area contributed by atoms with Gasteiger partial charge in [0.15, 0.2) is 0 Å². The van der Waals surface area contributed by atoms with E-state index in [1.54, 1.807) is 12.2 Å². The van der Waals surface area contributed by atoms with E-state index in [-0.39, 0.29) is 0 Å². The summed E-state index contributed by atoms with van der Waals surface area (Å²) in [7, 11) is 0. The molecule has 0 fully saturated rings. The zero-order valence-corrected chi connectivity index (χ0v) is 3.78. The average Bonchev–Trinajstić information content (AvgIpc) is 1.65. The molecule has 0 heterocycles. The van der Waals surface area contributed by atoms with Crippen molar-refractivity contribution in [2.24, 2.45) is 0 Å². The molecule has 0 rings (SSSR count). The van der Waals surface area contributed by atoms with E-state index in [9.17, 15) is 0 Å². The number of hydrogen-bond donors (Lipinski definition) is 0. The summed E-state index contributed by atoms with van der Waals surface area (Å²) in [5.74, 6) is 0. The van der Waals surface area contributed by atoms with Crippen LogP contribution in [0.3, 0.4) is 0 Å². The molecule has 0 saturated heterocycles. The van der Waals surface area contributed by atoms with Gasteiger partial charge < -0.3 is 0 Å². The summed E-state index contributed by atoms with van der Waals surface area (Å²) in [6.07, 6.45) is 3.32. The minimum absolute atomic E-state index is 0.870. The molecule has 0 N–H and O–H groups in total. The Kier molecular flexibility index (Phi) is 2.14. The predicted octanol–water partition coefficient (Wildman–Crippen LogP) is 1.91. The molecule has 0 saturated carbocycles. The molecule has 0 heteroatoms. The molecule has 0 nitrogen and oxygen atoms in total. The molecule has 0 spiro atoms. The first-order valence-electron chi connectivity index (χ1n) is 1.75. The summed E-state index contributed by atoms with van der Waals surface area (Å²) >= 11 is 0. The average molecular weight is 80.1 g/mol. The second-order valence-corrected chi connectivity index (χ2v) is 0.983. The maximum Gasteiger partial charge on any atom is -0.0340 e. The highest BCUT2D eigenvalue weighted by Gasteiger charge is 1.65. The van der Waals surface area contributed by atoms with Gasteiger partial charge in [-0.05, 0) is 5.57 Å². The standard InChI is InChI=1S/C6H8/c1-4-6(3)5-2/h4-5H,1-3H2. The van der Waals surface area contributed by atoms with Crippen molar-refractivity contribution < 1.29 is 0 Å². The summed E-state index contributed by atoms with van der Waals surface area (Å²) in [5, 5.41) is 0. The van der Waals surface area contributed by atoms with Crippen molar-refractivity contribution in [2.45, 2.75) is 0 Å². The van der Waals surface area contributed by atoms with E-state index >= 15 is 0 Å². The maximum atomic E-state index is 3.56. The lowest BCUT2D eigenvalue weighted by Crippen LogP contribution is -1.55. The van der Waals surface area contributed by atoms with Crippen LogP contribution in [0, 0.1) is 0 Å². The highest BCUT2D eigenvalue weighted by atomic mass is 13.7. The van der Waals surface area contributed by atoms with Gasteiger partial charge in [-0.1, -0.05) is 31.9 Å². The van der Waals surface area contributed by atoms with Gasteiger partial charge in [0.2, 0.25) is 0 Å². The first kappa shape index (κ1) is 5.22. The fraction of sp³-hybridized carbons (Fsp3) is 0. The largest absolute Gasteiger partial charge is 0.0985 e. The third-order valence-corrected chi connectivity index (χ3v) is 0.524. The number of rotatable bonds is 2. The van der Waals surface area contributed by atoms with Crippen molar-refractivity contribution in [2.75, 3.05) is 0 Å². The predicted molar refractivity (Wildman–Crippen MR) is 29.5 cm³/mol. The Morgan fingerprint density at radius 2 is 1.50 bits per heavy atom. The minimum atomic E-state index is 0.870. The lowest BCUT2D eigenvalue weighted by Gasteiger charge is -1.76. The van der Waals surface area contributed by atoms with Gasteiger partial charge >= 0.3 is 0 Å². The molecule has 0 aromatic carbocycles. The van der Waals surface area contributed by atoms with E-state index in [0.29, 0.717) is 0 Å². The van der Waals surface area contributed by atoms with Gasteiger partial charge in [0.25, 0.3) is 0 Å². The van der Waals surface area contributed by atoms with Gasteiger partial charge in [-0.25, -0.2) is 0 Å². The molecule has 0 aliphatic heterocycles. The molecular weight excluding hydrogens is 72.1 g/mol. The minimum Gasteiger partial charge on any atom is -0.0985 e. The summed E-state index contributed by atoms with van der Waals surface area (Å²) < 4.78 is 0. The van der Waals surface area contributed by atoms with Crippen LogP contribution in [-0.2, 0) is 0 Å². The van der Waals surface area contributed by atoms with E-state index in [1.165, 1.54) is 0 Å². The molecule has 0 bridgehead atoms. The third kappa shape index (κ3) is 1.53. The molecule has 0 amide bonds. The quantitative estimate of drug-likeness (QED) is 0.444. The van der Waals surface area contributed by atoms with Crippen molar-refractivity contribution in [1.29, 1.82) is 0 Å². The maximum absolute atomic E-state index is 3.56. The lowest BCUT2D eigenvalue weighted by atomic mass is 10.3. The van der Waals surface area contributed by atoms with E-state index in [2.05, 4.69) is 19.7 Å². The molecule has 0 unspecified atom stereocenters. The van der Waals surface area contributed by atoms with Crippen molar-refractivity contribution >= 4 is 0 Å². The van der Waals surface area contributed by atoms with Crippen LogP contribution in [0.5, 0.6) is 0 Å². The van der Waals surface area contributed by atoms with Crippen LogP contribution in [0.2, 0.25) is 0 Å². The summed E-state index contributed by atoms with van der Waals surface area (Å²) in [6, 6.07) is 0. The van der Waals surface area contributed by atoms with Gasteiger partial charge in [0.05, 0.1) is 0 Å². The fourth-order valence-corrected chi connectivity index (χ4v) is 0.0833. The van der Waals surface area contributed by atoms with Crippen LogP contribution in [0.4, 0.5) is 0 Å². The first-order chi connectivity index (χ1) is 2.81. The molecule has 6 heavy (non-hydrogen) atoms. The fourth-order valence-electron chi connectivity index (χ4n) is 0.0833. The van der Waals surface area contributed by atoms with E-state index < -0.39 is 0 Å². The molecular formula is C6H8. The molecule has 0 aromatic heterocycles. The Balaban J connectivity index is 3.52.